The van der Waals surface area contributed by atoms with Crippen LogP contribution in [-0.4, -0.2) is 32.2 Å². The molecule has 1 atom stereocenters. The maximum absolute atomic E-state index is 12.3. The Balaban J connectivity index is 1.66. The maximum atomic E-state index is 12.3. The van der Waals surface area contributed by atoms with Crippen molar-refractivity contribution >= 4 is 38.3 Å². The number of alkyl halides is 2. The smallest absolute Gasteiger partial charge is 0.387 e. The number of ether oxygens (including phenoxy) is 1. The van der Waals surface area contributed by atoms with Crippen LogP contribution in [0.5, 0.6) is 5.75 Å². The average molecular weight is 397 g/mol. The maximum Gasteiger partial charge on any atom is 0.387 e. The molecular formula is C15H13F2N5O4S. The van der Waals surface area contributed by atoms with Crippen molar-refractivity contribution in [3.05, 3.63) is 40.7 Å². The predicted octanol–water partition coefficient (Wildman–Crippen LogP) is 3.28. The zero-order chi connectivity index (χ0) is 19.6. The first-order chi connectivity index (χ1) is 12.8. The summed E-state index contributed by atoms with van der Waals surface area (Å²) in [7, 11) is 0. The molecule has 0 aliphatic carbocycles. The summed E-state index contributed by atoms with van der Waals surface area (Å²) in [5, 5.41) is 17.5. The minimum Gasteiger partial charge on any atom is -0.435 e. The van der Waals surface area contributed by atoms with E-state index in [1.54, 1.807) is 6.92 Å². The summed E-state index contributed by atoms with van der Waals surface area (Å²) in [6.07, 6.45) is 2.35. The molecular weight excluding hydrogens is 384 g/mol. The molecule has 3 rings (SSSR count). The van der Waals surface area contributed by atoms with E-state index in [9.17, 15) is 23.7 Å². The number of aromatic nitrogens is 3. The third-order valence-corrected chi connectivity index (χ3v) is 4.49. The van der Waals surface area contributed by atoms with E-state index in [0.717, 1.165) is 17.5 Å². The third kappa shape index (κ3) is 4.53. The highest BCUT2D eigenvalue weighted by Gasteiger charge is 2.18. The van der Waals surface area contributed by atoms with Crippen LogP contribution in [0, 0.1) is 16.0 Å². The second kappa shape index (κ2) is 7.61. The molecule has 142 valence electrons. The number of anilines is 1. The number of benzene rings is 1. The molecule has 0 aliphatic rings. The molecule has 0 bridgehead atoms. The van der Waals surface area contributed by atoms with Gasteiger partial charge in [0.1, 0.15) is 18.1 Å². The highest BCUT2D eigenvalue weighted by Crippen LogP contribution is 2.30. The van der Waals surface area contributed by atoms with E-state index < -0.39 is 17.5 Å². The van der Waals surface area contributed by atoms with Gasteiger partial charge in [-0.3, -0.25) is 19.6 Å². The molecule has 1 aromatic carbocycles. The molecule has 0 saturated heterocycles. The van der Waals surface area contributed by atoms with Gasteiger partial charge < -0.3 is 10.1 Å². The van der Waals surface area contributed by atoms with Gasteiger partial charge in [-0.25, -0.2) is 4.98 Å². The van der Waals surface area contributed by atoms with Crippen LogP contribution in [-0.2, 0) is 11.3 Å². The molecule has 27 heavy (non-hydrogen) atoms. The molecule has 12 heteroatoms. The van der Waals surface area contributed by atoms with Gasteiger partial charge in [-0.1, -0.05) is 18.3 Å². The lowest BCUT2D eigenvalue weighted by Crippen LogP contribution is -2.24. The standard InChI is InChI=1S/C15H13F2N5O4S/c1-8(6-21-7-9(5-18-21)22(24)25)13(23)20-15-19-11-3-2-10(26-14(16)17)4-12(11)27-15/h2-5,7-8,14H,6H2,1H3,(H,19,20,23). The SMILES string of the molecule is CC(Cn1cc([N+](=O)[O-])cn1)C(=O)Nc1nc2ccc(OC(F)F)cc2s1. The van der Waals surface area contributed by atoms with Crippen molar-refractivity contribution in [2.45, 2.75) is 20.1 Å². The molecule has 1 amide bonds. The Morgan fingerprint density at radius 3 is 2.93 bits per heavy atom. The van der Waals surface area contributed by atoms with Crippen molar-refractivity contribution < 1.29 is 23.2 Å². The van der Waals surface area contributed by atoms with Gasteiger partial charge in [0.2, 0.25) is 5.91 Å². The number of fused-ring (bicyclic) bond motifs is 1. The van der Waals surface area contributed by atoms with Gasteiger partial charge in [0.25, 0.3) is 0 Å². The van der Waals surface area contributed by atoms with Gasteiger partial charge in [-0.05, 0) is 18.2 Å². The Hall–Kier alpha value is -3.15. The topological polar surface area (TPSA) is 112 Å². The number of nitrogens with one attached hydrogen (secondary N) is 1. The molecule has 2 aromatic heterocycles. The van der Waals surface area contributed by atoms with Crippen LogP contribution < -0.4 is 10.1 Å². The molecule has 0 fully saturated rings. The fourth-order valence-electron chi connectivity index (χ4n) is 2.27. The van der Waals surface area contributed by atoms with E-state index >= 15 is 0 Å². The van der Waals surface area contributed by atoms with E-state index in [1.165, 1.54) is 29.1 Å². The van der Waals surface area contributed by atoms with E-state index in [2.05, 4.69) is 20.1 Å². The van der Waals surface area contributed by atoms with Crippen LogP contribution in [0.1, 0.15) is 6.92 Å². The van der Waals surface area contributed by atoms with Crippen molar-refractivity contribution in [2.75, 3.05) is 5.32 Å². The number of nitrogens with zero attached hydrogens (tertiary/aromatic N) is 4. The third-order valence-electron chi connectivity index (χ3n) is 3.55. The molecule has 2 heterocycles. The minimum atomic E-state index is -2.92. The summed E-state index contributed by atoms with van der Waals surface area (Å²) in [5.41, 5.74) is 0.378. The van der Waals surface area contributed by atoms with Gasteiger partial charge >= 0.3 is 12.3 Å². The van der Waals surface area contributed by atoms with Crippen LogP contribution in [0.25, 0.3) is 10.2 Å². The van der Waals surface area contributed by atoms with Crippen molar-refractivity contribution in [3.8, 4) is 5.75 Å². The van der Waals surface area contributed by atoms with Crippen LogP contribution in [0.3, 0.4) is 0 Å². The summed E-state index contributed by atoms with van der Waals surface area (Å²) >= 11 is 1.12. The Labute approximate surface area is 154 Å². The minimum absolute atomic E-state index is 0.00710. The van der Waals surface area contributed by atoms with E-state index in [-0.39, 0.29) is 23.9 Å². The van der Waals surface area contributed by atoms with Gasteiger partial charge in [-0.2, -0.15) is 13.9 Å². The summed E-state index contributed by atoms with van der Waals surface area (Å²) in [6.45, 7) is -1.13. The zero-order valence-corrected chi connectivity index (χ0v) is 14.7. The van der Waals surface area contributed by atoms with E-state index in [1.807, 2.05) is 0 Å². The number of carbonyl (C=O) groups excluding carboxylic acids is 1. The number of amides is 1. The number of hydrogen-bond acceptors (Lipinski definition) is 7. The lowest BCUT2D eigenvalue weighted by Gasteiger charge is -2.10. The van der Waals surface area contributed by atoms with Gasteiger partial charge in [0, 0.05) is 0 Å². The zero-order valence-electron chi connectivity index (χ0n) is 13.8. The quantitative estimate of drug-likeness (QED) is 0.484. The summed E-state index contributed by atoms with van der Waals surface area (Å²) in [4.78, 5) is 26.6. The fourth-order valence-corrected chi connectivity index (χ4v) is 3.17. The highest BCUT2D eigenvalue weighted by atomic mass is 32.1. The molecule has 0 saturated carbocycles. The van der Waals surface area contributed by atoms with E-state index in [4.69, 9.17) is 0 Å². The van der Waals surface area contributed by atoms with Crippen molar-refractivity contribution in [2.24, 2.45) is 5.92 Å². The van der Waals surface area contributed by atoms with E-state index in [0.29, 0.717) is 15.3 Å². The van der Waals surface area contributed by atoms with Crippen LogP contribution in [0.15, 0.2) is 30.6 Å². The Kier molecular flexibility index (Phi) is 5.26. The molecule has 1 N–H and O–H groups in total. The highest BCUT2D eigenvalue weighted by molar-refractivity contribution is 7.22. The van der Waals surface area contributed by atoms with Crippen molar-refractivity contribution in [1.29, 1.82) is 0 Å². The number of rotatable bonds is 7. The summed E-state index contributed by atoms with van der Waals surface area (Å²) < 4.78 is 30.8. The average Bonchev–Trinajstić information content (AvgIpc) is 3.20. The second-order valence-corrected chi connectivity index (χ2v) is 6.63. The normalized spacial score (nSPS) is 12.3. The van der Waals surface area contributed by atoms with Crippen molar-refractivity contribution in [1.82, 2.24) is 14.8 Å². The summed E-state index contributed by atoms with van der Waals surface area (Å²) in [6, 6.07) is 4.31. The van der Waals surface area contributed by atoms with Crippen LogP contribution in [0.4, 0.5) is 19.6 Å². The lowest BCUT2D eigenvalue weighted by atomic mass is 10.1. The van der Waals surface area contributed by atoms with Crippen LogP contribution in [0.2, 0.25) is 0 Å². The molecule has 0 radical (unpaired) electrons. The van der Waals surface area contributed by atoms with Crippen molar-refractivity contribution in [3.63, 3.8) is 0 Å². The largest absolute Gasteiger partial charge is 0.435 e. The molecule has 0 aliphatic heterocycles. The molecule has 1 unspecified atom stereocenters. The first-order valence-corrected chi connectivity index (χ1v) is 8.46. The number of thiazole rings is 1. The Bertz CT molecular complexity index is 990. The Morgan fingerprint density at radius 1 is 1.48 bits per heavy atom. The number of halogens is 2. The molecule has 0 spiro atoms. The fraction of sp³-hybridized carbons (Fsp3) is 0.267. The van der Waals surface area contributed by atoms with Crippen LogP contribution >= 0.6 is 11.3 Å². The summed E-state index contributed by atoms with van der Waals surface area (Å²) in [5.74, 6) is -0.877. The predicted molar refractivity (Wildman–Crippen MR) is 92.9 cm³/mol. The number of nitro groups is 1. The van der Waals surface area contributed by atoms with Gasteiger partial charge in [-0.15, -0.1) is 0 Å². The number of hydrogen-bond donors (Lipinski definition) is 1. The van der Waals surface area contributed by atoms with Gasteiger partial charge in [0.15, 0.2) is 5.13 Å². The lowest BCUT2D eigenvalue weighted by molar-refractivity contribution is -0.385. The monoisotopic (exact) mass is 397 g/mol. The second-order valence-electron chi connectivity index (χ2n) is 5.60. The first kappa shape index (κ1) is 18.6. The number of carbonyl (C=O) groups is 1. The Morgan fingerprint density at radius 2 is 2.26 bits per heavy atom. The molecule has 3 aromatic rings. The van der Waals surface area contributed by atoms with Gasteiger partial charge in [0.05, 0.1) is 27.6 Å². The molecule has 9 nitrogen and oxygen atoms in total. The first-order valence-electron chi connectivity index (χ1n) is 7.65.